The van der Waals surface area contributed by atoms with Crippen LogP contribution in [-0.2, 0) is 16.1 Å². The SMILES string of the molecule is C[C@H]1[C@@H](CN(C)[C@H](C)c2ccc3ccccc3c2)O[C@@H](c2cccc(N3C(=O)c4ccccc4C3=O)c2)O[C@H]1c1ccc(CO)cc1. The molecule has 5 aromatic carbocycles. The Balaban J connectivity index is 1.18. The molecule has 1 N–H and O–H groups in total. The van der Waals surface area contributed by atoms with Gasteiger partial charge in [0.1, 0.15) is 0 Å². The van der Waals surface area contributed by atoms with Gasteiger partial charge in [-0.1, -0.05) is 91.9 Å². The molecule has 0 radical (unpaired) electrons. The van der Waals surface area contributed by atoms with Gasteiger partial charge in [-0.3, -0.25) is 14.5 Å². The molecule has 0 aromatic heterocycles. The Hall–Kier alpha value is -4.66. The largest absolute Gasteiger partial charge is 0.392 e. The van der Waals surface area contributed by atoms with Crippen molar-refractivity contribution in [3.05, 3.63) is 149 Å². The van der Waals surface area contributed by atoms with Crippen molar-refractivity contribution in [2.75, 3.05) is 18.5 Å². The van der Waals surface area contributed by atoms with Crippen LogP contribution in [0.3, 0.4) is 0 Å². The maximum absolute atomic E-state index is 13.3. The summed E-state index contributed by atoms with van der Waals surface area (Å²) in [6.07, 6.45) is -1.23. The fourth-order valence-corrected chi connectivity index (χ4v) is 6.73. The number of ether oxygens (including phenoxy) is 2. The van der Waals surface area contributed by atoms with Crippen LogP contribution in [0.4, 0.5) is 5.69 Å². The Labute approximate surface area is 275 Å². The van der Waals surface area contributed by atoms with Gasteiger partial charge in [-0.25, -0.2) is 4.90 Å². The zero-order chi connectivity index (χ0) is 32.7. The minimum absolute atomic E-state index is 0.00287. The molecule has 0 spiro atoms. The third-order valence-corrected chi connectivity index (χ3v) is 9.70. The number of anilines is 1. The Morgan fingerprint density at radius 1 is 0.766 bits per heavy atom. The first-order chi connectivity index (χ1) is 22.8. The first kappa shape index (κ1) is 31.0. The Kier molecular flexibility index (Phi) is 8.47. The molecular formula is C40H38N2O5. The Morgan fingerprint density at radius 2 is 1.45 bits per heavy atom. The van der Waals surface area contributed by atoms with E-state index in [2.05, 4.69) is 68.3 Å². The van der Waals surface area contributed by atoms with Crippen LogP contribution in [0.1, 0.15) is 75.3 Å². The molecule has 238 valence electrons. The molecule has 2 aliphatic rings. The molecule has 5 atom stereocenters. The van der Waals surface area contributed by atoms with Crippen molar-refractivity contribution in [1.82, 2.24) is 4.90 Å². The summed E-state index contributed by atoms with van der Waals surface area (Å²) < 4.78 is 13.4. The molecule has 0 bridgehead atoms. The van der Waals surface area contributed by atoms with Crippen molar-refractivity contribution < 1.29 is 24.2 Å². The topological polar surface area (TPSA) is 79.3 Å². The summed E-state index contributed by atoms with van der Waals surface area (Å²) >= 11 is 0. The highest BCUT2D eigenvalue weighted by molar-refractivity contribution is 6.34. The lowest BCUT2D eigenvalue weighted by Gasteiger charge is -2.43. The summed E-state index contributed by atoms with van der Waals surface area (Å²) in [6.45, 7) is 4.98. The lowest BCUT2D eigenvalue weighted by molar-refractivity contribution is -0.276. The van der Waals surface area contributed by atoms with Crippen molar-refractivity contribution in [2.45, 2.75) is 45.0 Å². The van der Waals surface area contributed by atoms with E-state index in [-0.39, 0.29) is 42.6 Å². The maximum Gasteiger partial charge on any atom is 0.266 e. The highest BCUT2D eigenvalue weighted by Crippen LogP contribution is 2.43. The molecule has 47 heavy (non-hydrogen) atoms. The minimum atomic E-state index is -0.738. The number of fused-ring (bicyclic) bond motifs is 2. The number of likely N-dealkylation sites (N-methyl/N-ethyl adjacent to an activating group) is 1. The first-order valence-corrected chi connectivity index (χ1v) is 16.1. The van der Waals surface area contributed by atoms with Crippen LogP contribution in [0.2, 0.25) is 0 Å². The molecular weight excluding hydrogens is 588 g/mol. The van der Waals surface area contributed by atoms with Gasteiger partial charge in [0.2, 0.25) is 0 Å². The number of aliphatic hydroxyl groups excluding tert-OH is 1. The highest BCUT2D eigenvalue weighted by atomic mass is 16.7. The van der Waals surface area contributed by atoms with Crippen LogP contribution in [0.15, 0.2) is 115 Å². The zero-order valence-corrected chi connectivity index (χ0v) is 26.7. The van der Waals surface area contributed by atoms with Crippen molar-refractivity contribution in [3.63, 3.8) is 0 Å². The van der Waals surface area contributed by atoms with E-state index in [0.717, 1.165) is 16.7 Å². The van der Waals surface area contributed by atoms with Crippen molar-refractivity contribution >= 4 is 28.3 Å². The number of carbonyl (C=O) groups excluding carboxylic acids is 2. The van der Waals surface area contributed by atoms with Gasteiger partial charge in [-0.05, 0) is 71.8 Å². The number of hydrogen-bond donors (Lipinski definition) is 1. The molecule has 2 aliphatic heterocycles. The summed E-state index contributed by atoms with van der Waals surface area (Å²) in [5.41, 5.74) is 5.05. The summed E-state index contributed by atoms with van der Waals surface area (Å²) in [6, 6.07) is 37.2. The second-order valence-corrected chi connectivity index (χ2v) is 12.6. The van der Waals surface area contributed by atoms with Gasteiger partial charge in [-0.15, -0.1) is 0 Å². The standard InChI is InChI=1S/C40H38N2O5/c1-25-36(23-41(3)26(2)30-20-19-28-9-4-5-10-31(28)21-30)46-40(47-37(25)29-17-15-27(24-43)16-18-29)32-11-8-12-33(22-32)42-38(44)34-13-6-7-14-35(34)39(42)45/h4-22,25-26,36-37,40,43H,23-24H2,1-3H3/t25-,26+,36+,37+,40+/m0/s1. The van der Waals surface area contributed by atoms with Gasteiger partial charge < -0.3 is 14.6 Å². The first-order valence-electron chi connectivity index (χ1n) is 16.1. The number of aliphatic hydroxyl groups is 1. The second kappa shape index (κ2) is 12.9. The van der Waals surface area contributed by atoms with Crippen molar-refractivity contribution in [1.29, 1.82) is 0 Å². The Morgan fingerprint density at radius 3 is 2.15 bits per heavy atom. The number of hydrogen-bond acceptors (Lipinski definition) is 6. The quantitative estimate of drug-likeness (QED) is 0.179. The fraction of sp³-hybridized carbons (Fsp3) is 0.250. The van der Waals surface area contributed by atoms with E-state index >= 15 is 0 Å². The number of benzene rings is 5. The number of carbonyl (C=O) groups is 2. The van der Waals surface area contributed by atoms with Gasteiger partial charge in [0, 0.05) is 24.1 Å². The summed E-state index contributed by atoms with van der Waals surface area (Å²) in [7, 11) is 2.12. The van der Waals surface area contributed by atoms with Gasteiger partial charge in [0.05, 0.1) is 35.6 Å². The van der Waals surface area contributed by atoms with Gasteiger partial charge in [0.25, 0.3) is 11.8 Å². The lowest BCUT2D eigenvalue weighted by atomic mass is 9.89. The van der Waals surface area contributed by atoms with E-state index in [1.165, 1.54) is 21.2 Å². The number of rotatable bonds is 8. The maximum atomic E-state index is 13.3. The molecule has 7 heteroatoms. The third-order valence-electron chi connectivity index (χ3n) is 9.70. The average Bonchev–Trinajstić information content (AvgIpc) is 3.37. The van der Waals surface area contributed by atoms with Crippen molar-refractivity contribution in [3.8, 4) is 0 Å². The summed E-state index contributed by atoms with van der Waals surface area (Å²) in [5, 5.41) is 12.1. The smallest absolute Gasteiger partial charge is 0.266 e. The molecule has 7 rings (SSSR count). The highest BCUT2D eigenvalue weighted by Gasteiger charge is 2.40. The molecule has 2 heterocycles. The minimum Gasteiger partial charge on any atom is -0.392 e. The van der Waals surface area contributed by atoms with Crippen LogP contribution >= 0.6 is 0 Å². The molecule has 5 aromatic rings. The van der Waals surface area contributed by atoms with Crippen LogP contribution in [-0.4, -0.2) is 41.5 Å². The van der Waals surface area contributed by atoms with E-state index in [9.17, 15) is 14.7 Å². The van der Waals surface area contributed by atoms with Crippen LogP contribution < -0.4 is 4.90 Å². The summed E-state index contributed by atoms with van der Waals surface area (Å²) in [4.78, 5) is 30.1. The number of nitrogens with zero attached hydrogens (tertiary/aromatic N) is 2. The van der Waals surface area contributed by atoms with E-state index in [4.69, 9.17) is 9.47 Å². The normalized spacial score (nSPS) is 21.8. The molecule has 2 amide bonds. The van der Waals surface area contributed by atoms with E-state index < -0.39 is 6.29 Å². The van der Waals surface area contributed by atoms with E-state index in [1.807, 2.05) is 42.5 Å². The van der Waals surface area contributed by atoms with Crippen LogP contribution in [0.5, 0.6) is 0 Å². The second-order valence-electron chi connectivity index (χ2n) is 12.6. The van der Waals surface area contributed by atoms with E-state index in [1.54, 1.807) is 30.3 Å². The fourth-order valence-electron chi connectivity index (χ4n) is 6.73. The predicted molar refractivity (Wildman–Crippen MR) is 182 cm³/mol. The molecule has 0 saturated carbocycles. The molecule has 7 nitrogen and oxygen atoms in total. The lowest BCUT2D eigenvalue weighted by Crippen LogP contribution is -2.44. The molecule has 0 unspecified atom stereocenters. The number of amides is 2. The predicted octanol–water partition coefficient (Wildman–Crippen LogP) is 7.62. The zero-order valence-electron chi connectivity index (χ0n) is 26.7. The number of imide groups is 1. The van der Waals surface area contributed by atoms with Gasteiger partial charge in [0.15, 0.2) is 6.29 Å². The average molecular weight is 627 g/mol. The van der Waals surface area contributed by atoms with Crippen LogP contribution in [0.25, 0.3) is 10.8 Å². The van der Waals surface area contributed by atoms with Gasteiger partial charge in [-0.2, -0.15) is 0 Å². The van der Waals surface area contributed by atoms with Gasteiger partial charge >= 0.3 is 0 Å². The molecule has 1 fully saturated rings. The van der Waals surface area contributed by atoms with Crippen molar-refractivity contribution in [2.24, 2.45) is 5.92 Å². The molecule has 1 saturated heterocycles. The van der Waals surface area contributed by atoms with E-state index in [0.29, 0.717) is 23.4 Å². The Bertz CT molecular complexity index is 1900. The summed E-state index contributed by atoms with van der Waals surface area (Å²) in [5.74, 6) is -0.686. The monoisotopic (exact) mass is 626 g/mol. The third kappa shape index (κ3) is 5.88. The van der Waals surface area contributed by atoms with Crippen LogP contribution in [0, 0.1) is 5.92 Å². The molecule has 0 aliphatic carbocycles.